The van der Waals surface area contributed by atoms with Gasteiger partial charge < -0.3 is 0 Å². The quantitative estimate of drug-likeness (QED) is 0.718. The lowest BCUT2D eigenvalue weighted by molar-refractivity contribution is 1.16. The van der Waals surface area contributed by atoms with Gasteiger partial charge in [0.1, 0.15) is 6.33 Å². The Labute approximate surface area is 86.8 Å². The summed E-state index contributed by atoms with van der Waals surface area (Å²) in [5.41, 5.74) is 2.68. The van der Waals surface area contributed by atoms with Crippen molar-refractivity contribution < 1.29 is 0 Å². The normalized spacial score (nSPS) is 10.1. The van der Waals surface area contributed by atoms with Gasteiger partial charge >= 0.3 is 0 Å². The van der Waals surface area contributed by atoms with Crippen molar-refractivity contribution in [3.05, 3.63) is 41.7 Å². The average molecular weight is 206 g/mol. The molecule has 4 heteroatoms. The summed E-state index contributed by atoms with van der Waals surface area (Å²) in [5.74, 6) is 0. The highest BCUT2D eigenvalue weighted by Crippen LogP contribution is 2.21. The molecule has 0 radical (unpaired) electrons. The molecule has 0 bridgehead atoms. The molecule has 0 aromatic carbocycles. The molecule has 14 heavy (non-hydrogen) atoms. The predicted octanol–water partition coefficient (Wildman–Crippen LogP) is 2.50. The zero-order valence-electron chi connectivity index (χ0n) is 7.61. The average Bonchev–Trinajstić information content (AvgIpc) is 2.23. The predicted molar refractivity (Wildman–Crippen MR) is 55.0 cm³/mol. The van der Waals surface area contributed by atoms with Crippen LogP contribution in [0.5, 0.6) is 0 Å². The Hall–Kier alpha value is -1.48. The SMILES string of the molecule is Cc1ncc(-c2cncnc2)cc1Cl. The topological polar surface area (TPSA) is 38.7 Å². The number of rotatable bonds is 1. The van der Waals surface area contributed by atoms with E-state index in [9.17, 15) is 0 Å². The van der Waals surface area contributed by atoms with Crippen molar-refractivity contribution >= 4 is 11.6 Å². The van der Waals surface area contributed by atoms with Crippen molar-refractivity contribution in [2.45, 2.75) is 6.92 Å². The first-order valence-corrected chi connectivity index (χ1v) is 4.52. The lowest BCUT2D eigenvalue weighted by Crippen LogP contribution is -1.86. The molecule has 2 aromatic rings. The number of hydrogen-bond acceptors (Lipinski definition) is 3. The van der Waals surface area contributed by atoms with Crippen molar-refractivity contribution in [2.24, 2.45) is 0 Å². The third kappa shape index (κ3) is 1.72. The van der Waals surface area contributed by atoms with Crippen LogP contribution in [-0.2, 0) is 0 Å². The van der Waals surface area contributed by atoms with Gasteiger partial charge in [-0.2, -0.15) is 0 Å². The molecule has 2 rings (SSSR count). The fraction of sp³-hybridized carbons (Fsp3) is 0.100. The summed E-state index contributed by atoms with van der Waals surface area (Å²) >= 11 is 5.96. The first kappa shape index (κ1) is 9.09. The van der Waals surface area contributed by atoms with E-state index in [1.165, 1.54) is 6.33 Å². The van der Waals surface area contributed by atoms with Gasteiger partial charge in [-0.25, -0.2) is 9.97 Å². The zero-order chi connectivity index (χ0) is 9.97. The second kappa shape index (κ2) is 3.72. The Morgan fingerprint density at radius 3 is 2.43 bits per heavy atom. The van der Waals surface area contributed by atoms with Crippen molar-refractivity contribution in [2.75, 3.05) is 0 Å². The smallest absolute Gasteiger partial charge is 0.115 e. The Kier molecular flexibility index (Phi) is 2.41. The zero-order valence-corrected chi connectivity index (χ0v) is 8.36. The van der Waals surface area contributed by atoms with Gasteiger partial charge in [0.15, 0.2) is 0 Å². The molecular formula is C10H8ClN3. The van der Waals surface area contributed by atoms with Crippen molar-refractivity contribution in [3.8, 4) is 11.1 Å². The first-order chi connectivity index (χ1) is 6.77. The number of aromatic nitrogens is 3. The standard InChI is InChI=1S/C10H8ClN3/c1-7-10(11)2-8(5-14-7)9-3-12-6-13-4-9/h2-6H,1H3. The summed E-state index contributed by atoms with van der Waals surface area (Å²) in [6, 6.07) is 1.86. The molecule has 0 N–H and O–H groups in total. The van der Waals surface area contributed by atoms with Crippen LogP contribution in [0.4, 0.5) is 0 Å². The van der Waals surface area contributed by atoms with E-state index in [1.807, 2.05) is 13.0 Å². The Morgan fingerprint density at radius 1 is 1.07 bits per heavy atom. The second-order valence-electron chi connectivity index (χ2n) is 2.92. The summed E-state index contributed by atoms with van der Waals surface area (Å²) in [6.45, 7) is 1.87. The van der Waals surface area contributed by atoms with Crippen molar-refractivity contribution in [3.63, 3.8) is 0 Å². The lowest BCUT2D eigenvalue weighted by atomic mass is 10.1. The number of pyridine rings is 1. The van der Waals surface area contributed by atoms with E-state index in [0.717, 1.165) is 16.8 Å². The summed E-state index contributed by atoms with van der Waals surface area (Å²) in [6.07, 6.45) is 6.72. The summed E-state index contributed by atoms with van der Waals surface area (Å²) in [4.78, 5) is 12.0. The lowest BCUT2D eigenvalue weighted by Gasteiger charge is -2.01. The molecule has 0 amide bonds. The van der Waals surface area contributed by atoms with E-state index >= 15 is 0 Å². The van der Waals surface area contributed by atoms with Crippen molar-refractivity contribution in [1.82, 2.24) is 15.0 Å². The Morgan fingerprint density at radius 2 is 1.79 bits per heavy atom. The second-order valence-corrected chi connectivity index (χ2v) is 3.33. The van der Waals surface area contributed by atoms with Gasteiger partial charge in [-0.15, -0.1) is 0 Å². The van der Waals surface area contributed by atoms with Gasteiger partial charge in [-0.3, -0.25) is 4.98 Å². The van der Waals surface area contributed by atoms with E-state index in [0.29, 0.717) is 5.02 Å². The first-order valence-electron chi connectivity index (χ1n) is 4.15. The van der Waals surface area contributed by atoms with Crippen LogP contribution in [0.25, 0.3) is 11.1 Å². The number of aryl methyl sites for hydroxylation is 1. The third-order valence-electron chi connectivity index (χ3n) is 1.92. The fourth-order valence-corrected chi connectivity index (χ4v) is 1.28. The molecule has 0 aliphatic carbocycles. The number of nitrogens with zero attached hydrogens (tertiary/aromatic N) is 3. The maximum atomic E-state index is 5.96. The summed E-state index contributed by atoms with van der Waals surface area (Å²) < 4.78 is 0. The van der Waals surface area contributed by atoms with Crippen LogP contribution >= 0.6 is 11.6 Å². The largest absolute Gasteiger partial charge is 0.259 e. The monoisotopic (exact) mass is 205 g/mol. The van der Waals surface area contributed by atoms with Crippen LogP contribution in [0.15, 0.2) is 31.0 Å². The molecule has 0 aliphatic heterocycles. The van der Waals surface area contributed by atoms with E-state index in [1.54, 1.807) is 18.6 Å². The molecule has 0 saturated heterocycles. The Bertz CT molecular complexity index is 442. The van der Waals surface area contributed by atoms with E-state index in [2.05, 4.69) is 15.0 Å². The van der Waals surface area contributed by atoms with Gasteiger partial charge in [-0.1, -0.05) is 11.6 Å². The van der Waals surface area contributed by atoms with E-state index < -0.39 is 0 Å². The minimum Gasteiger partial charge on any atom is -0.259 e. The molecule has 2 heterocycles. The summed E-state index contributed by atoms with van der Waals surface area (Å²) in [5, 5.41) is 0.659. The molecule has 0 fully saturated rings. The molecular weight excluding hydrogens is 198 g/mol. The molecule has 0 aliphatic rings. The number of hydrogen-bond donors (Lipinski definition) is 0. The molecule has 0 unspecified atom stereocenters. The van der Waals surface area contributed by atoms with Crippen LogP contribution in [0.3, 0.4) is 0 Å². The van der Waals surface area contributed by atoms with Crippen LogP contribution in [0.2, 0.25) is 5.02 Å². The van der Waals surface area contributed by atoms with Gasteiger partial charge in [-0.05, 0) is 13.0 Å². The minimum absolute atomic E-state index is 0.659. The highest BCUT2D eigenvalue weighted by molar-refractivity contribution is 6.31. The maximum Gasteiger partial charge on any atom is 0.115 e. The summed E-state index contributed by atoms with van der Waals surface area (Å²) in [7, 11) is 0. The molecule has 0 atom stereocenters. The van der Waals surface area contributed by atoms with E-state index in [-0.39, 0.29) is 0 Å². The molecule has 0 spiro atoms. The van der Waals surface area contributed by atoms with Crippen molar-refractivity contribution in [1.29, 1.82) is 0 Å². The highest BCUT2D eigenvalue weighted by atomic mass is 35.5. The molecule has 2 aromatic heterocycles. The van der Waals surface area contributed by atoms with Gasteiger partial charge in [0.2, 0.25) is 0 Å². The van der Waals surface area contributed by atoms with E-state index in [4.69, 9.17) is 11.6 Å². The van der Waals surface area contributed by atoms with Gasteiger partial charge in [0, 0.05) is 29.7 Å². The van der Waals surface area contributed by atoms with Gasteiger partial charge in [0.25, 0.3) is 0 Å². The van der Waals surface area contributed by atoms with Crippen LogP contribution in [-0.4, -0.2) is 15.0 Å². The van der Waals surface area contributed by atoms with Crippen LogP contribution in [0.1, 0.15) is 5.69 Å². The molecule has 3 nitrogen and oxygen atoms in total. The minimum atomic E-state index is 0.659. The number of halogens is 1. The highest BCUT2D eigenvalue weighted by Gasteiger charge is 2.01. The maximum absolute atomic E-state index is 5.96. The fourth-order valence-electron chi connectivity index (χ4n) is 1.11. The van der Waals surface area contributed by atoms with Gasteiger partial charge in [0.05, 0.1) is 10.7 Å². The van der Waals surface area contributed by atoms with Crippen LogP contribution in [0, 0.1) is 6.92 Å². The third-order valence-corrected chi connectivity index (χ3v) is 2.30. The Balaban J connectivity index is 2.48. The molecule has 70 valence electrons. The van der Waals surface area contributed by atoms with Crippen LogP contribution < -0.4 is 0 Å². The molecule has 0 saturated carbocycles.